The van der Waals surface area contributed by atoms with E-state index in [1.165, 1.54) is 30.6 Å². The predicted octanol–water partition coefficient (Wildman–Crippen LogP) is 3.70. The van der Waals surface area contributed by atoms with Crippen LogP contribution in [0.25, 0.3) is 0 Å². The van der Waals surface area contributed by atoms with Gasteiger partial charge in [-0.05, 0) is 55.2 Å². The molecule has 1 aliphatic rings. The van der Waals surface area contributed by atoms with Gasteiger partial charge in [-0.3, -0.25) is 0 Å². The minimum absolute atomic E-state index is 0.332. The second kappa shape index (κ2) is 6.73. The molecule has 0 aliphatic carbocycles. The summed E-state index contributed by atoms with van der Waals surface area (Å²) in [5, 5.41) is 10.4. The van der Waals surface area contributed by atoms with Crippen LogP contribution in [-0.2, 0) is 0 Å². The molecule has 2 heteroatoms. The highest BCUT2D eigenvalue weighted by Gasteiger charge is 2.22. The highest BCUT2D eigenvalue weighted by Crippen LogP contribution is 2.24. The van der Waals surface area contributed by atoms with Crippen molar-refractivity contribution in [3.05, 3.63) is 34.9 Å². The van der Waals surface area contributed by atoms with Crippen molar-refractivity contribution in [1.29, 1.82) is 0 Å². The Labute approximate surface area is 123 Å². The Bertz CT molecular complexity index is 433. The molecule has 1 saturated heterocycles. The second-order valence-electron chi connectivity index (χ2n) is 6.85. The first-order valence-electron chi connectivity index (χ1n) is 7.93. The van der Waals surface area contributed by atoms with Gasteiger partial charge in [-0.2, -0.15) is 0 Å². The number of hydrogen-bond acceptors (Lipinski definition) is 2. The standard InChI is InChI=1S/C18H29NO/c1-13-9-14(2)12-19(11-13)8-7-18(20)17-6-5-15(3)16(4)10-17/h5-6,10,13-14,18,20H,7-9,11-12H2,1-4H3. The van der Waals surface area contributed by atoms with Gasteiger partial charge in [-0.25, -0.2) is 0 Å². The van der Waals surface area contributed by atoms with Gasteiger partial charge in [-0.1, -0.05) is 32.0 Å². The van der Waals surface area contributed by atoms with Crippen LogP contribution in [0.5, 0.6) is 0 Å². The van der Waals surface area contributed by atoms with Crippen LogP contribution >= 0.6 is 0 Å². The molecule has 0 spiro atoms. The van der Waals surface area contributed by atoms with E-state index < -0.39 is 0 Å². The lowest BCUT2D eigenvalue weighted by Crippen LogP contribution is -2.39. The minimum Gasteiger partial charge on any atom is -0.388 e. The van der Waals surface area contributed by atoms with Crippen molar-refractivity contribution in [1.82, 2.24) is 4.90 Å². The van der Waals surface area contributed by atoms with Gasteiger partial charge < -0.3 is 10.0 Å². The molecule has 1 aliphatic heterocycles. The average Bonchev–Trinajstić information content (AvgIpc) is 2.38. The Hall–Kier alpha value is -0.860. The summed E-state index contributed by atoms with van der Waals surface area (Å²) in [6, 6.07) is 6.30. The van der Waals surface area contributed by atoms with Crippen LogP contribution in [0.3, 0.4) is 0 Å². The largest absolute Gasteiger partial charge is 0.388 e. The molecule has 0 saturated carbocycles. The summed E-state index contributed by atoms with van der Waals surface area (Å²) in [6.07, 6.45) is 1.85. The van der Waals surface area contributed by atoms with Crippen LogP contribution in [0.4, 0.5) is 0 Å². The molecule has 1 aromatic rings. The monoisotopic (exact) mass is 275 g/mol. The van der Waals surface area contributed by atoms with Gasteiger partial charge >= 0.3 is 0 Å². The summed E-state index contributed by atoms with van der Waals surface area (Å²) in [6.45, 7) is 12.3. The number of benzene rings is 1. The number of nitrogens with zero attached hydrogens (tertiary/aromatic N) is 1. The number of hydrogen-bond donors (Lipinski definition) is 1. The van der Waals surface area contributed by atoms with E-state index in [1.807, 2.05) is 0 Å². The molecule has 20 heavy (non-hydrogen) atoms. The minimum atomic E-state index is -0.332. The maximum Gasteiger partial charge on any atom is 0.0802 e. The first-order valence-corrected chi connectivity index (χ1v) is 7.93. The van der Waals surface area contributed by atoms with Crippen molar-refractivity contribution in [3.8, 4) is 0 Å². The van der Waals surface area contributed by atoms with E-state index in [2.05, 4.69) is 50.8 Å². The third-order valence-electron chi connectivity index (χ3n) is 4.58. The van der Waals surface area contributed by atoms with Crippen molar-refractivity contribution in [2.24, 2.45) is 11.8 Å². The van der Waals surface area contributed by atoms with Crippen LogP contribution in [0, 0.1) is 25.7 Å². The van der Waals surface area contributed by atoms with E-state index in [9.17, 15) is 5.11 Å². The normalized spacial score (nSPS) is 25.6. The lowest BCUT2D eigenvalue weighted by molar-refractivity contribution is 0.103. The number of rotatable bonds is 4. The summed E-state index contributed by atoms with van der Waals surface area (Å²) in [5.41, 5.74) is 3.62. The summed E-state index contributed by atoms with van der Waals surface area (Å²) in [4.78, 5) is 2.52. The van der Waals surface area contributed by atoms with Crippen molar-refractivity contribution < 1.29 is 5.11 Å². The molecule has 0 radical (unpaired) electrons. The van der Waals surface area contributed by atoms with Crippen molar-refractivity contribution in [2.45, 2.75) is 46.6 Å². The van der Waals surface area contributed by atoms with Crippen LogP contribution in [0.2, 0.25) is 0 Å². The summed E-state index contributed by atoms with van der Waals surface area (Å²) in [5.74, 6) is 1.58. The molecule has 2 nitrogen and oxygen atoms in total. The first kappa shape index (κ1) is 15.5. The van der Waals surface area contributed by atoms with Gasteiger partial charge in [0.2, 0.25) is 0 Å². The Morgan fingerprint density at radius 3 is 2.40 bits per heavy atom. The predicted molar refractivity (Wildman–Crippen MR) is 84.9 cm³/mol. The van der Waals surface area contributed by atoms with Gasteiger partial charge in [0.1, 0.15) is 0 Å². The maximum absolute atomic E-state index is 10.4. The zero-order valence-electron chi connectivity index (χ0n) is 13.4. The van der Waals surface area contributed by atoms with Gasteiger partial charge in [0.05, 0.1) is 6.10 Å². The first-order chi connectivity index (χ1) is 9.45. The van der Waals surface area contributed by atoms with Gasteiger partial charge in [-0.15, -0.1) is 0 Å². The lowest BCUT2D eigenvalue weighted by Gasteiger charge is -2.35. The SMILES string of the molecule is Cc1ccc(C(O)CCN2CC(C)CC(C)C2)cc1C. The van der Waals surface area contributed by atoms with E-state index in [0.717, 1.165) is 30.4 Å². The Morgan fingerprint density at radius 1 is 1.15 bits per heavy atom. The zero-order chi connectivity index (χ0) is 14.7. The third-order valence-corrected chi connectivity index (χ3v) is 4.58. The van der Waals surface area contributed by atoms with Crippen LogP contribution in [-0.4, -0.2) is 29.6 Å². The Morgan fingerprint density at radius 2 is 1.80 bits per heavy atom. The smallest absolute Gasteiger partial charge is 0.0802 e. The van der Waals surface area contributed by atoms with Crippen molar-refractivity contribution >= 4 is 0 Å². The molecule has 1 fully saturated rings. The van der Waals surface area contributed by atoms with Gasteiger partial charge in [0, 0.05) is 19.6 Å². The maximum atomic E-state index is 10.4. The molecule has 3 atom stereocenters. The molecule has 0 bridgehead atoms. The van der Waals surface area contributed by atoms with Crippen molar-refractivity contribution in [2.75, 3.05) is 19.6 Å². The molecule has 3 unspecified atom stereocenters. The average molecular weight is 275 g/mol. The van der Waals surface area contributed by atoms with E-state index in [4.69, 9.17) is 0 Å². The number of aryl methyl sites for hydroxylation is 2. The molecule has 1 heterocycles. The Balaban J connectivity index is 1.88. The molecule has 1 aromatic carbocycles. The zero-order valence-corrected chi connectivity index (χ0v) is 13.4. The van der Waals surface area contributed by atoms with E-state index in [0.29, 0.717) is 0 Å². The summed E-state index contributed by atoms with van der Waals surface area (Å²) < 4.78 is 0. The molecular formula is C18H29NO. The van der Waals surface area contributed by atoms with Gasteiger partial charge in [0.25, 0.3) is 0 Å². The Kier molecular flexibility index (Phi) is 5.22. The fourth-order valence-electron chi connectivity index (χ4n) is 3.42. The highest BCUT2D eigenvalue weighted by atomic mass is 16.3. The highest BCUT2D eigenvalue weighted by molar-refractivity contribution is 5.31. The van der Waals surface area contributed by atoms with Crippen LogP contribution in [0.15, 0.2) is 18.2 Å². The fraction of sp³-hybridized carbons (Fsp3) is 0.667. The lowest BCUT2D eigenvalue weighted by atomic mass is 9.91. The molecule has 0 amide bonds. The van der Waals surface area contributed by atoms with Gasteiger partial charge in [0.15, 0.2) is 0 Å². The van der Waals surface area contributed by atoms with E-state index >= 15 is 0 Å². The molecule has 0 aromatic heterocycles. The topological polar surface area (TPSA) is 23.5 Å². The van der Waals surface area contributed by atoms with Crippen LogP contribution < -0.4 is 0 Å². The molecule has 1 N–H and O–H groups in total. The number of likely N-dealkylation sites (tertiary alicyclic amines) is 1. The van der Waals surface area contributed by atoms with Crippen LogP contribution in [0.1, 0.15) is 49.5 Å². The summed E-state index contributed by atoms with van der Waals surface area (Å²) >= 11 is 0. The molecule has 2 rings (SSSR count). The number of aliphatic hydroxyl groups excluding tert-OH is 1. The summed E-state index contributed by atoms with van der Waals surface area (Å²) in [7, 11) is 0. The molecular weight excluding hydrogens is 246 g/mol. The van der Waals surface area contributed by atoms with E-state index in [-0.39, 0.29) is 6.10 Å². The van der Waals surface area contributed by atoms with Crippen molar-refractivity contribution in [3.63, 3.8) is 0 Å². The second-order valence-corrected chi connectivity index (χ2v) is 6.85. The number of piperidine rings is 1. The quantitative estimate of drug-likeness (QED) is 0.905. The fourth-order valence-corrected chi connectivity index (χ4v) is 3.42. The number of aliphatic hydroxyl groups is 1. The third kappa shape index (κ3) is 4.07. The van der Waals surface area contributed by atoms with E-state index in [1.54, 1.807) is 0 Å². The molecule has 112 valence electrons.